The summed E-state index contributed by atoms with van der Waals surface area (Å²) in [6, 6.07) is 8.88. The Morgan fingerprint density at radius 2 is 1.76 bits per heavy atom. The van der Waals surface area contributed by atoms with Crippen LogP contribution in [-0.4, -0.2) is 25.0 Å². The highest BCUT2D eigenvalue weighted by Gasteiger charge is 2.57. The maximum Gasteiger partial charge on any atom is 0.223 e. The maximum absolute atomic E-state index is 12.5. The number of amides is 1. The predicted molar refractivity (Wildman–Crippen MR) is 85.7 cm³/mol. The lowest BCUT2D eigenvalue weighted by molar-refractivity contribution is -0.123. The SMILES string of the molecule is Cl.O=C(NC1Cc2ccccc2C1)C1CC12CCNCC2. The number of hydrogen-bond acceptors (Lipinski definition) is 2. The Labute approximate surface area is 132 Å². The van der Waals surface area contributed by atoms with Crippen LogP contribution in [0.3, 0.4) is 0 Å². The van der Waals surface area contributed by atoms with Gasteiger partial charge in [0.1, 0.15) is 0 Å². The minimum Gasteiger partial charge on any atom is -0.352 e. The first kappa shape index (κ1) is 14.9. The standard InChI is InChI=1S/C17H22N2O.ClH/c20-16(15-11-17(15)5-7-18-8-6-17)19-14-9-12-3-1-2-4-13(12)10-14;/h1-4,14-15,18H,5-11H2,(H,19,20);1H. The molecule has 1 saturated heterocycles. The Kier molecular flexibility index (Phi) is 3.98. The van der Waals surface area contributed by atoms with Gasteiger partial charge in [-0.15, -0.1) is 12.4 Å². The highest BCUT2D eigenvalue weighted by atomic mass is 35.5. The fraction of sp³-hybridized carbons (Fsp3) is 0.588. The average Bonchev–Trinajstić information content (AvgIpc) is 2.99. The first-order valence-electron chi connectivity index (χ1n) is 7.85. The largest absolute Gasteiger partial charge is 0.352 e. The fourth-order valence-corrected chi connectivity index (χ4v) is 4.16. The Balaban J connectivity index is 0.00000132. The molecule has 1 unspecified atom stereocenters. The van der Waals surface area contributed by atoms with Crippen LogP contribution in [0.5, 0.6) is 0 Å². The molecule has 4 heteroatoms. The smallest absolute Gasteiger partial charge is 0.223 e. The molecule has 0 aromatic heterocycles. The van der Waals surface area contributed by atoms with Crippen molar-refractivity contribution in [1.82, 2.24) is 10.6 Å². The second-order valence-corrected chi connectivity index (χ2v) is 6.75. The van der Waals surface area contributed by atoms with E-state index < -0.39 is 0 Å². The summed E-state index contributed by atoms with van der Waals surface area (Å²) < 4.78 is 0. The maximum atomic E-state index is 12.5. The molecule has 4 rings (SSSR count). The van der Waals surface area contributed by atoms with Crippen molar-refractivity contribution in [1.29, 1.82) is 0 Å². The number of hydrogen-bond donors (Lipinski definition) is 2. The number of rotatable bonds is 2. The Morgan fingerprint density at radius 1 is 1.14 bits per heavy atom. The number of fused-ring (bicyclic) bond motifs is 1. The molecule has 1 amide bonds. The quantitative estimate of drug-likeness (QED) is 0.878. The predicted octanol–water partition coefficient (Wildman–Crippen LogP) is 2.08. The summed E-state index contributed by atoms with van der Waals surface area (Å²) in [5.41, 5.74) is 3.16. The molecule has 3 nitrogen and oxygen atoms in total. The van der Waals surface area contributed by atoms with Crippen molar-refractivity contribution in [3.8, 4) is 0 Å². The van der Waals surface area contributed by atoms with Crippen molar-refractivity contribution >= 4 is 18.3 Å². The van der Waals surface area contributed by atoms with Gasteiger partial charge < -0.3 is 10.6 Å². The molecule has 21 heavy (non-hydrogen) atoms. The van der Waals surface area contributed by atoms with E-state index in [0.29, 0.717) is 17.4 Å². The van der Waals surface area contributed by atoms with E-state index in [4.69, 9.17) is 0 Å². The second kappa shape index (κ2) is 5.62. The molecular weight excluding hydrogens is 284 g/mol. The van der Waals surface area contributed by atoms with Crippen LogP contribution in [0.25, 0.3) is 0 Å². The summed E-state index contributed by atoms with van der Waals surface area (Å²) in [4.78, 5) is 12.5. The lowest BCUT2D eigenvalue weighted by Gasteiger charge is -2.23. The van der Waals surface area contributed by atoms with E-state index >= 15 is 0 Å². The summed E-state index contributed by atoms with van der Waals surface area (Å²) >= 11 is 0. The normalized spacial score (nSPS) is 26.0. The van der Waals surface area contributed by atoms with E-state index in [-0.39, 0.29) is 18.3 Å². The van der Waals surface area contributed by atoms with E-state index in [0.717, 1.165) is 32.4 Å². The minimum atomic E-state index is 0. The van der Waals surface area contributed by atoms with Crippen LogP contribution in [0.15, 0.2) is 24.3 Å². The molecule has 1 spiro atoms. The van der Waals surface area contributed by atoms with Gasteiger partial charge in [0.25, 0.3) is 0 Å². The van der Waals surface area contributed by atoms with E-state index in [1.165, 1.54) is 24.0 Å². The molecular formula is C17H23ClN2O. The van der Waals surface area contributed by atoms with Crippen molar-refractivity contribution < 1.29 is 4.79 Å². The van der Waals surface area contributed by atoms with Crippen molar-refractivity contribution in [3.05, 3.63) is 35.4 Å². The van der Waals surface area contributed by atoms with Gasteiger partial charge in [-0.2, -0.15) is 0 Å². The molecule has 114 valence electrons. The molecule has 2 aliphatic carbocycles. The third-order valence-corrected chi connectivity index (χ3v) is 5.50. The fourth-order valence-electron chi connectivity index (χ4n) is 4.16. The third-order valence-electron chi connectivity index (χ3n) is 5.50. The number of carbonyl (C=O) groups excluding carboxylic acids is 1. The van der Waals surface area contributed by atoms with Crippen molar-refractivity contribution in [2.24, 2.45) is 11.3 Å². The topological polar surface area (TPSA) is 41.1 Å². The zero-order valence-electron chi connectivity index (χ0n) is 12.2. The summed E-state index contributed by atoms with van der Waals surface area (Å²) in [5.74, 6) is 0.595. The molecule has 0 bridgehead atoms. The Bertz CT molecular complexity index is 514. The highest BCUT2D eigenvalue weighted by molar-refractivity contribution is 5.85. The molecule has 2 N–H and O–H groups in total. The van der Waals surface area contributed by atoms with Gasteiger partial charge in [-0.25, -0.2) is 0 Å². The first-order chi connectivity index (χ1) is 9.77. The molecule has 1 atom stereocenters. The van der Waals surface area contributed by atoms with Gasteiger partial charge in [0.15, 0.2) is 0 Å². The lowest BCUT2D eigenvalue weighted by atomic mass is 9.91. The van der Waals surface area contributed by atoms with Crippen LogP contribution in [0.4, 0.5) is 0 Å². The van der Waals surface area contributed by atoms with Crippen LogP contribution in [-0.2, 0) is 17.6 Å². The number of halogens is 1. The van der Waals surface area contributed by atoms with Gasteiger partial charge in [-0.3, -0.25) is 4.79 Å². The van der Waals surface area contributed by atoms with E-state index in [1.54, 1.807) is 0 Å². The number of nitrogens with one attached hydrogen (secondary N) is 2. The average molecular weight is 307 g/mol. The van der Waals surface area contributed by atoms with Gasteiger partial charge in [0, 0.05) is 12.0 Å². The Morgan fingerprint density at radius 3 is 2.38 bits per heavy atom. The van der Waals surface area contributed by atoms with E-state index in [2.05, 4.69) is 34.9 Å². The minimum absolute atomic E-state index is 0. The van der Waals surface area contributed by atoms with Crippen LogP contribution in [0.1, 0.15) is 30.4 Å². The zero-order valence-corrected chi connectivity index (χ0v) is 13.0. The molecule has 0 radical (unpaired) electrons. The van der Waals surface area contributed by atoms with Crippen LogP contribution in [0.2, 0.25) is 0 Å². The first-order valence-corrected chi connectivity index (χ1v) is 7.85. The van der Waals surface area contributed by atoms with Crippen LogP contribution >= 0.6 is 12.4 Å². The van der Waals surface area contributed by atoms with Gasteiger partial charge in [0.2, 0.25) is 5.91 Å². The van der Waals surface area contributed by atoms with Gasteiger partial charge in [0.05, 0.1) is 0 Å². The van der Waals surface area contributed by atoms with Crippen molar-refractivity contribution in [2.45, 2.75) is 38.1 Å². The van der Waals surface area contributed by atoms with Crippen molar-refractivity contribution in [2.75, 3.05) is 13.1 Å². The van der Waals surface area contributed by atoms with Crippen molar-refractivity contribution in [3.63, 3.8) is 0 Å². The molecule has 1 saturated carbocycles. The van der Waals surface area contributed by atoms with E-state index in [1.807, 2.05) is 0 Å². The highest BCUT2D eigenvalue weighted by Crippen LogP contribution is 2.58. The number of benzene rings is 1. The summed E-state index contributed by atoms with van der Waals surface area (Å²) in [6.45, 7) is 2.16. The molecule has 1 aliphatic heterocycles. The van der Waals surface area contributed by atoms with Crippen LogP contribution in [0, 0.1) is 11.3 Å². The monoisotopic (exact) mass is 306 g/mol. The summed E-state index contributed by atoms with van der Waals surface area (Å²) in [6.07, 6.45) is 5.47. The molecule has 2 fully saturated rings. The molecule has 1 aromatic rings. The molecule has 1 aromatic carbocycles. The number of carbonyl (C=O) groups is 1. The second-order valence-electron chi connectivity index (χ2n) is 6.75. The van der Waals surface area contributed by atoms with Gasteiger partial charge in [-0.05, 0) is 61.7 Å². The van der Waals surface area contributed by atoms with Crippen LogP contribution < -0.4 is 10.6 Å². The zero-order chi connectivity index (χ0) is 13.6. The third kappa shape index (κ3) is 2.69. The van der Waals surface area contributed by atoms with E-state index in [9.17, 15) is 4.79 Å². The number of piperidine rings is 1. The summed E-state index contributed by atoms with van der Waals surface area (Å²) in [5, 5.41) is 6.69. The summed E-state index contributed by atoms with van der Waals surface area (Å²) in [7, 11) is 0. The molecule has 3 aliphatic rings. The van der Waals surface area contributed by atoms with Gasteiger partial charge in [-0.1, -0.05) is 24.3 Å². The lowest BCUT2D eigenvalue weighted by Crippen LogP contribution is -2.39. The van der Waals surface area contributed by atoms with Gasteiger partial charge >= 0.3 is 0 Å². The molecule has 1 heterocycles. The Hall–Kier alpha value is -1.06.